The highest BCUT2D eigenvalue weighted by Gasteiger charge is 2.27. The molecule has 0 saturated heterocycles. The van der Waals surface area contributed by atoms with Crippen LogP contribution in [0, 0.1) is 16.0 Å². The van der Waals surface area contributed by atoms with Gasteiger partial charge in [-0.2, -0.15) is 0 Å². The first-order valence-corrected chi connectivity index (χ1v) is 5.32. The summed E-state index contributed by atoms with van der Waals surface area (Å²) in [4.78, 5) is 10.1. The van der Waals surface area contributed by atoms with E-state index in [4.69, 9.17) is 5.73 Å². The van der Waals surface area contributed by atoms with Gasteiger partial charge in [0.15, 0.2) is 5.75 Å². The second-order valence-electron chi connectivity index (χ2n) is 4.22. The number of hydrogen-bond donors (Lipinski definition) is 2. The summed E-state index contributed by atoms with van der Waals surface area (Å²) >= 11 is 0. The monoisotopic (exact) mass is 222 g/mol. The Morgan fingerprint density at radius 3 is 2.69 bits per heavy atom. The Hall–Kier alpha value is -1.62. The summed E-state index contributed by atoms with van der Waals surface area (Å²) < 4.78 is 0. The molecule has 1 fully saturated rings. The van der Waals surface area contributed by atoms with Gasteiger partial charge in [0.05, 0.1) is 4.92 Å². The van der Waals surface area contributed by atoms with E-state index in [0.29, 0.717) is 5.92 Å². The van der Waals surface area contributed by atoms with E-state index in [0.717, 1.165) is 18.4 Å². The first kappa shape index (κ1) is 10.9. The maximum atomic E-state index is 10.7. The van der Waals surface area contributed by atoms with Crippen LogP contribution in [-0.4, -0.2) is 10.0 Å². The number of nitrogens with two attached hydrogens (primary N) is 1. The molecule has 1 saturated carbocycles. The molecule has 0 aromatic heterocycles. The zero-order valence-corrected chi connectivity index (χ0v) is 8.80. The predicted octanol–water partition coefficient (Wildman–Crippen LogP) is 2.10. The lowest BCUT2D eigenvalue weighted by Crippen LogP contribution is -2.26. The third-order valence-corrected chi connectivity index (χ3v) is 3.24. The Labute approximate surface area is 93.0 Å². The predicted molar refractivity (Wildman–Crippen MR) is 59.0 cm³/mol. The zero-order chi connectivity index (χ0) is 11.7. The SMILES string of the molecule is N[C@H](c1ccc(O)c([N+](=O)[O-])c1)C1CCC1. The molecule has 5 heteroatoms. The van der Waals surface area contributed by atoms with E-state index >= 15 is 0 Å². The molecule has 0 amide bonds. The fraction of sp³-hybridized carbons (Fsp3) is 0.455. The van der Waals surface area contributed by atoms with Crippen molar-refractivity contribution < 1.29 is 10.0 Å². The Kier molecular flexibility index (Phi) is 2.78. The Morgan fingerprint density at radius 1 is 1.50 bits per heavy atom. The summed E-state index contributed by atoms with van der Waals surface area (Å²) in [7, 11) is 0. The number of rotatable bonds is 3. The van der Waals surface area contributed by atoms with Crippen LogP contribution in [0.4, 0.5) is 5.69 Å². The van der Waals surface area contributed by atoms with E-state index in [1.807, 2.05) is 0 Å². The van der Waals surface area contributed by atoms with E-state index in [1.54, 1.807) is 6.07 Å². The van der Waals surface area contributed by atoms with Crippen LogP contribution in [0.5, 0.6) is 5.75 Å². The number of hydrogen-bond acceptors (Lipinski definition) is 4. The van der Waals surface area contributed by atoms with Crippen LogP contribution in [0.3, 0.4) is 0 Å². The van der Waals surface area contributed by atoms with Gasteiger partial charge in [-0.3, -0.25) is 10.1 Å². The van der Waals surface area contributed by atoms with E-state index in [9.17, 15) is 15.2 Å². The normalized spacial score (nSPS) is 17.8. The minimum Gasteiger partial charge on any atom is -0.502 e. The molecule has 0 bridgehead atoms. The van der Waals surface area contributed by atoms with Crippen molar-refractivity contribution in [2.24, 2.45) is 11.7 Å². The summed E-state index contributed by atoms with van der Waals surface area (Å²) in [5, 5.41) is 20.0. The molecular weight excluding hydrogens is 208 g/mol. The minimum absolute atomic E-state index is 0.159. The summed E-state index contributed by atoms with van der Waals surface area (Å²) in [6, 6.07) is 4.21. The van der Waals surface area contributed by atoms with Gasteiger partial charge < -0.3 is 10.8 Å². The van der Waals surface area contributed by atoms with Crippen LogP contribution in [0.25, 0.3) is 0 Å². The lowest BCUT2D eigenvalue weighted by molar-refractivity contribution is -0.385. The van der Waals surface area contributed by atoms with Gasteiger partial charge in [-0.1, -0.05) is 12.5 Å². The summed E-state index contributed by atoms with van der Waals surface area (Å²) in [5.41, 5.74) is 6.47. The lowest BCUT2D eigenvalue weighted by Gasteiger charge is -2.31. The number of nitro groups is 1. The number of phenols is 1. The van der Waals surface area contributed by atoms with Gasteiger partial charge in [0.1, 0.15) is 0 Å². The molecule has 16 heavy (non-hydrogen) atoms. The third kappa shape index (κ3) is 1.86. The molecule has 3 N–H and O–H groups in total. The highest BCUT2D eigenvalue weighted by Crippen LogP contribution is 2.38. The number of phenolic OH excluding ortho intramolecular Hbond substituents is 1. The van der Waals surface area contributed by atoms with Gasteiger partial charge in [0.2, 0.25) is 0 Å². The summed E-state index contributed by atoms with van der Waals surface area (Å²) in [6.07, 6.45) is 3.34. The number of nitro benzene ring substituents is 1. The van der Waals surface area contributed by atoms with Gasteiger partial charge in [-0.15, -0.1) is 0 Å². The molecule has 0 unspecified atom stereocenters. The Morgan fingerprint density at radius 2 is 2.19 bits per heavy atom. The smallest absolute Gasteiger partial charge is 0.311 e. The second-order valence-corrected chi connectivity index (χ2v) is 4.22. The molecule has 0 aliphatic heterocycles. The average Bonchev–Trinajstić information content (AvgIpc) is 2.15. The van der Waals surface area contributed by atoms with E-state index in [-0.39, 0.29) is 17.5 Å². The highest BCUT2D eigenvalue weighted by atomic mass is 16.6. The van der Waals surface area contributed by atoms with Crippen molar-refractivity contribution in [3.8, 4) is 5.75 Å². The van der Waals surface area contributed by atoms with Gasteiger partial charge >= 0.3 is 5.69 Å². The van der Waals surface area contributed by atoms with E-state index < -0.39 is 4.92 Å². The van der Waals surface area contributed by atoms with Gasteiger partial charge in [-0.25, -0.2) is 0 Å². The van der Waals surface area contributed by atoms with E-state index in [1.165, 1.54) is 18.6 Å². The zero-order valence-electron chi connectivity index (χ0n) is 8.80. The molecule has 2 rings (SSSR count). The number of benzene rings is 1. The number of nitrogens with zero attached hydrogens (tertiary/aromatic N) is 1. The van der Waals surface area contributed by atoms with Crippen molar-refractivity contribution in [2.75, 3.05) is 0 Å². The van der Waals surface area contributed by atoms with Crippen LogP contribution < -0.4 is 5.73 Å². The van der Waals surface area contributed by atoms with Crippen molar-refractivity contribution >= 4 is 5.69 Å². The third-order valence-electron chi connectivity index (χ3n) is 3.24. The fourth-order valence-electron chi connectivity index (χ4n) is 1.97. The molecule has 1 atom stereocenters. The van der Waals surface area contributed by atoms with Crippen LogP contribution in [-0.2, 0) is 0 Å². The largest absolute Gasteiger partial charge is 0.502 e. The first-order valence-electron chi connectivity index (χ1n) is 5.32. The van der Waals surface area contributed by atoms with Crippen molar-refractivity contribution in [3.05, 3.63) is 33.9 Å². The second kappa shape index (κ2) is 4.09. The van der Waals surface area contributed by atoms with Crippen molar-refractivity contribution in [1.82, 2.24) is 0 Å². The van der Waals surface area contributed by atoms with Crippen molar-refractivity contribution in [2.45, 2.75) is 25.3 Å². The summed E-state index contributed by atoms with van der Waals surface area (Å²) in [6.45, 7) is 0. The maximum Gasteiger partial charge on any atom is 0.311 e. The summed E-state index contributed by atoms with van der Waals surface area (Å²) in [5.74, 6) is 0.110. The highest BCUT2D eigenvalue weighted by molar-refractivity contribution is 5.48. The molecule has 1 aromatic carbocycles. The van der Waals surface area contributed by atoms with Crippen molar-refractivity contribution in [3.63, 3.8) is 0 Å². The molecule has 86 valence electrons. The van der Waals surface area contributed by atoms with Gasteiger partial charge in [-0.05, 0) is 30.4 Å². The molecule has 1 aliphatic carbocycles. The molecule has 0 radical (unpaired) electrons. The molecular formula is C11H14N2O3. The number of aromatic hydroxyl groups is 1. The average molecular weight is 222 g/mol. The lowest BCUT2D eigenvalue weighted by atomic mass is 9.77. The van der Waals surface area contributed by atoms with Crippen LogP contribution >= 0.6 is 0 Å². The standard InChI is InChI=1S/C11H14N2O3/c12-11(7-2-1-3-7)8-4-5-10(14)9(6-8)13(15)16/h4-7,11,14H,1-3,12H2/t11-/m0/s1. The topological polar surface area (TPSA) is 89.4 Å². The fourth-order valence-corrected chi connectivity index (χ4v) is 1.97. The van der Waals surface area contributed by atoms with Crippen molar-refractivity contribution in [1.29, 1.82) is 0 Å². The maximum absolute atomic E-state index is 10.7. The molecule has 1 aromatic rings. The Balaban J connectivity index is 2.27. The van der Waals surface area contributed by atoms with Crippen LogP contribution in [0.1, 0.15) is 30.9 Å². The molecule has 5 nitrogen and oxygen atoms in total. The van der Waals surface area contributed by atoms with Gasteiger partial charge in [0.25, 0.3) is 0 Å². The first-order chi connectivity index (χ1) is 7.59. The van der Waals surface area contributed by atoms with E-state index in [2.05, 4.69) is 0 Å². The molecule has 0 heterocycles. The van der Waals surface area contributed by atoms with Crippen LogP contribution in [0.2, 0.25) is 0 Å². The molecule has 1 aliphatic rings. The van der Waals surface area contributed by atoms with Gasteiger partial charge in [0, 0.05) is 12.1 Å². The van der Waals surface area contributed by atoms with Crippen LogP contribution in [0.15, 0.2) is 18.2 Å². The minimum atomic E-state index is -0.591. The quantitative estimate of drug-likeness (QED) is 0.605. The Bertz CT molecular complexity index is 416. The molecule has 0 spiro atoms.